The molecule has 0 heterocycles. The van der Waals surface area contributed by atoms with Gasteiger partial charge >= 0.3 is 0 Å². The number of aliphatic hydroxyl groups excluding tert-OH is 1. The molecular formula is C10H15NO3. The maximum absolute atomic E-state index is 11.7. The van der Waals surface area contributed by atoms with Crippen molar-refractivity contribution in [1.82, 2.24) is 4.90 Å². The molecule has 1 N–H and O–H groups in total. The first-order valence-corrected chi connectivity index (χ1v) is 5.06. The molecule has 0 radical (unpaired) electrons. The van der Waals surface area contributed by atoms with Gasteiger partial charge in [0, 0.05) is 19.9 Å². The minimum atomic E-state index is -0.361. The van der Waals surface area contributed by atoms with E-state index < -0.39 is 0 Å². The van der Waals surface area contributed by atoms with Crippen molar-refractivity contribution in [2.24, 2.45) is 5.92 Å². The van der Waals surface area contributed by atoms with Gasteiger partial charge in [-0.3, -0.25) is 9.59 Å². The monoisotopic (exact) mass is 197 g/mol. The summed E-state index contributed by atoms with van der Waals surface area (Å²) < 4.78 is 0. The third-order valence-electron chi connectivity index (χ3n) is 3.34. The molecule has 2 aliphatic carbocycles. The number of hydrogen-bond donors (Lipinski definition) is 1. The first-order chi connectivity index (χ1) is 6.59. The number of aliphatic hydroxyl groups is 1. The molecule has 0 aromatic carbocycles. The first kappa shape index (κ1) is 9.65. The van der Waals surface area contributed by atoms with Crippen molar-refractivity contribution in [2.45, 2.75) is 37.8 Å². The minimum absolute atomic E-state index is 0.0156. The molecule has 2 fully saturated rings. The van der Waals surface area contributed by atoms with Crippen LogP contribution in [0.3, 0.4) is 0 Å². The van der Waals surface area contributed by atoms with Crippen LogP contribution in [0, 0.1) is 5.92 Å². The van der Waals surface area contributed by atoms with E-state index in [0.29, 0.717) is 12.8 Å². The number of nitrogens with zero attached hydrogens (tertiary/aromatic N) is 1. The molecule has 0 saturated heterocycles. The Hall–Kier alpha value is -0.900. The Morgan fingerprint density at radius 2 is 2.07 bits per heavy atom. The number of ketones is 1. The molecule has 14 heavy (non-hydrogen) atoms. The molecule has 2 rings (SSSR count). The zero-order chi connectivity index (χ0) is 10.3. The summed E-state index contributed by atoms with van der Waals surface area (Å²) in [4.78, 5) is 24.1. The van der Waals surface area contributed by atoms with E-state index >= 15 is 0 Å². The van der Waals surface area contributed by atoms with Crippen LogP contribution in [-0.4, -0.2) is 40.9 Å². The van der Waals surface area contributed by atoms with E-state index in [1.54, 1.807) is 11.9 Å². The fourth-order valence-corrected chi connectivity index (χ4v) is 2.03. The van der Waals surface area contributed by atoms with Gasteiger partial charge in [0.05, 0.1) is 18.1 Å². The maximum atomic E-state index is 11.7. The quantitative estimate of drug-likeness (QED) is 0.675. The molecule has 0 spiro atoms. The van der Waals surface area contributed by atoms with Gasteiger partial charge in [0.25, 0.3) is 0 Å². The van der Waals surface area contributed by atoms with Gasteiger partial charge in [0.2, 0.25) is 5.91 Å². The third-order valence-corrected chi connectivity index (χ3v) is 3.34. The second-order valence-corrected chi connectivity index (χ2v) is 4.31. The lowest BCUT2D eigenvalue weighted by molar-refractivity contribution is -0.150. The standard InChI is InChI=1S/C10H15NO3/c1-11(8-2-3-9(8)13)10(14)6-4-7(12)5-6/h6,8-9,13H,2-5H2,1H3/t8-,9-/m1/s1. The normalized spacial score (nSPS) is 32.0. The van der Waals surface area contributed by atoms with Crippen LogP contribution in [0.4, 0.5) is 0 Å². The van der Waals surface area contributed by atoms with Gasteiger partial charge in [-0.25, -0.2) is 0 Å². The lowest BCUT2D eigenvalue weighted by Crippen LogP contribution is -2.54. The molecular weight excluding hydrogens is 182 g/mol. The number of hydrogen-bond acceptors (Lipinski definition) is 3. The zero-order valence-corrected chi connectivity index (χ0v) is 8.27. The highest BCUT2D eigenvalue weighted by Gasteiger charge is 2.40. The third kappa shape index (κ3) is 1.43. The van der Waals surface area contributed by atoms with E-state index in [-0.39, 0.29) is 29.8 Å². The lowest BCUT2D eigenvalue weighted by atomic mass is 9.81. The van der Waals surface area contributed by atoms with Gasteiger partial charge in [-0.05, 0) is 12.8 Å². The summed E-state index contributed by atoms with van der Waals surface area (Å²) >= 11 is 0. The molecule has 4 heteroatoms. The van der Waals surface area contributed by atoms with E-state index in [1.165, 1.54) is 0 Å². The summed E-state index contributed by atoms with van der Waals surface area (Å²) in [6.07, 6.45) is 2.09. The Bertz CT molecular complexity index is 269. The van der Waals surface area contributed by atoms with Crippen LogP contribution in [0.15, 0.2) is 0 Å². The number of likely N-dealkylation sites (N-methyl/N-ethyl adjacent to an activating group) is 1. The molecule has 2 saturated carbocycles. The second kappa shape index (κ2) is 3.35. The number of carbonyl (C=O) groups is 2. The highest BCUT2D eigenvalue weighted by Crippen LogP contribution is 2.30. The highest BCUT2D eigenvalue weighted by atomic mass is 16.3. The molecule has 2 atom stereocenters. The summed E-state index contributed by atoms with van der Waals surface area (Å²) in [7, 11) is 1.72. The van der Waals surface area contributed by atoms with Crippen LogP contribution in [-0.2, 0) is 9.59 Å². The highest BCUT2D eigenvalue weighted by molar-refractivity contribution is 5.96. The van der Waals surface area contributed by atoms with E-state index in [0.717, 1.165) is 12.8 Å². The largest absolute Gasteiger partial charge is 0.391 e. The SMILES string of the molecule is CN(C(=O)C1CC(=O)C1)[C@@H]1CC[C@H]1O. The fraction of sp³-hybridized carbons (Fsp3) is 0.800. The van der Waals surface area contributed by atoms with Crippen molar-refractivity contribution in [3.63, 3.8) is 0 Å². The van der Waals surface area contributed by atoms with Gasteiger partial charge in [-0.15, -0.1) is 0 Å². The molecule has 0 aromatic rings. The van der Waals surface area contributed by atoms with Crippen LogP contribution in [0.1, 0.15) is 25.7 Å². The van der Waals surface area contributed by atoms with E-state index in [2.05, 4.69) is 0 Å². The molecule has 1 amide bonds. The predicted molar refractivity (Wildman–Crippen MR) is 49.5 cm³/mol. The van der Waals surface area contributed by atoms with Gasteiger partial charge in [0.15, 0.2) is 0 Å². The van der Waals surface area contributed by atoms with Gasteiger partial charge in [-0.1, -0.05) is 0 Å². The average Bonchev–Trinajstić information content (AvgIpc) is 2.09. The number of amides is 1. The van der Waals surface area contributed by atoms with E-state index in [1.807, 2.05) is 0 Å². The van der Waals surface area contributed by atoms with Crippen LogP contribution < -0.4 is 0 Å². The smallest absolute Gasteiger partial charge is 0.226 e. The predicted octanol–water partition coefficient (Wildman–Crippen LogP) is -0.0528. The van der Waals surface area contributed by atoms with Crippen LogP contribution in [0.2, 0.25) is 0 Å². The Morgan fingerprint density at radius 3 is 2.43 bits per heavy atom. The lowest BCUT2D eigenvalue weighted by Gasteiger charge is -2.41. The van der Waals surface area contributed by atoms with Crippen molar-refractivity contribution >= 4 is 11.7 Å². The Labute approximate surface area is 82.9 Å². The molecule has 0 aromatic heterocycles. The van der Waals surface area contributed by atoms with Crippen molar-refractivity contribution < 1.29 is 14.7 Å². The molecule has 78 valence electrons. The molecule has 4 nitrogen and oxygen atoms in total. The summed E-state index contributed by atoms with van der Waals surface area (Å²) in [6.45, 7) is 0. The van der Waals surface area contributed by atoms with E-state index in [4.69, 9.17) is 0 Å². The topological polar surface area (TPSA) is 57.6 Å². The van der Waals surface area contributed by atoms with Gasteiger partial charge < -0.3 is 10.0 Å². The maximum Gasteiger partial charge on any atom is 0.226 e. The molecule has 0 bridgehead atoms. The zero-order valence-electron chi connectivity index (χ0n) is 8.27. The van der Waals surface area contributed by atoms with Crippen molar-refractivity contribution in [3.8, 4) is 0 Å². The van der Waals surface area contributed by atoms with Gasteiger partial charge in [-0.2, -0.15) is 0 Å². The van der Waals surface area contributed by atoms with Crippen molar-refractivity contribution in [1.29, 1.82) is 0 Å². The number of Topliss-reactive ketones (excluding diaryl/α,β-unsaturated/α-hetero) is 1. The fourth-order valence-electron chi connectivity index (χ4n) is 2.03. The number of carbonyl (C=O) groups excluding carboxylic acids is 2. The van der Waals surface area contributed by atoms with Crippen LogP contribution >= 0.6 is 0 Å². The van der Waals surface area contributed by atoms with E-state index in [9.17, 15) is 14.7 Å². The Kier molecular flexibility index (Phi) is 2.31. The average molecular weight is 197 g/mol. The summed E-state index contributed by atoms with van der Waals surface area (Å²) in [5, 5.41) is 9.39. The molecule has 0 aliphatic heterocycles. The Morgan fingerprint density at radius 1 is 1.43 bits per heavy atom. The first-order valence-electron chi connectivity index (χ1n) is 5.06. The Balaban J connectivity index is 1.88. The second-order valence-electron chi connectivity index (χ2n) is 4.31. The van der Waals surface area contributed by atoms with Gasteiger partial charge in [0.1, 0.15) is 5.78 Å². The number of rotatable bonds is 2. The summed E-state index contributed by atoms with van der Waals surface area (Å²) in [5.41, 5.74) is 0. The van der Waals surface area contributed by atoms with Crippen LogP contribution in [0.25, 0.3) is 0 Å². The van der Waals surface area contributed by atoms with Crippen molar-refractivity contribution in [3.05, 3.63) is 0 Å². The summed E-state index contributed by atoms with van der Waals surface area (Å²) in [5.74, 6) is 0.0829. The van der Waals surface area contributed by atoms with Crippen LogP contribution in [0.5, 0.6) is 0 Å². The minimum Gasteiger partial charge on any atom is -0.391 e. The molecule has 2 aliphatic rings. The van der Waals surface area contributed by atoms with Crippen molar-refractivity contribution in [2.75, 3.05) is 7.05 Å². The summed E-state index contributed by atoms with van der Waals surface area (Å²) in [6, 6.07) is -0.0156. The molecule has 0 unspecified atom stereocenters.